The van der Waals surface area contributed by atoms with Crippen molar-refractivity contribution in [2.75, 3.05) is 0 Å². The number of allylic oxidation sites excluding steroid dienone is 2. The molecule has 34 heavy (non-hydrogen) atoms. The summed E-state index contributed by atoms with van der Waals surface area (Å²) < 4.78 is 0.391. The fourth-order valence-electron chi connectivity index (χ4n) is 6.59. The molecule has 0 amide bonds. The van der Waals surface area contributed by atoms with Crippen LogP contribution in [0.2, 0.25) is 13.1 Å². The number of hydrogen-bond donors (Lipinski definition) is 0. The predicted molar refractivity (Wildman–Crippen MR) is 152 cm³/mol. The van der Waals surface area contributed by atoms with Gasteiger partial charge in [-0.25, -0.2) is 0 Å². The Morgan fingerprint density at radius 3 is 1.41 bits per heavy atom. The van der Waals surface area contributed by atoms with Gasteiger partial charge in [0.2, 0.25) is 0 Å². The molecule has 0 heterocycles. The Labute approximate surface area is 215 Å². The van der Waals surface area contributed by atoms with Crippen LogP contribution < -0.4 is 0 Å². The minimum atomic E-state index is -4.57. The Kier molecular flexibility index (Phi) is 7.43. The van der Waals surface area contributed by atoms with Gasteiger partial charge in [-0.1, -0.05) is 0 Å². The third-order valence-electron chi connectivity index (χ3n) is 8.44. The van der Waals surface area contributed by atoms with Crippen molar-refractivity contribution >= 4 is 34.6 Å². The molecule has 0 fully saturated rings. The first-order chi connectivity index (χ1) is 16.0. The van der Waals surface area contributed by atoms with Gasteiger partial charge in [0.25, 0.3) is 0 Å². The molecule has 2 aliphatic carbocycles. The van der Waals surface area contributed by atoms with Gasteiger partial charge in [0.1, 0.15) is 0 Å². The van der Waals surface area contributed by atoms with Gasteiger partial charge in [0.05, 0.1) is 0 Å². The van der Waals surface area contributed by atoms with E-state index in [1.807, 2.05) is 0 Å². The molecule has 0 spiro atoms. The van der Waals surface area contributed by atoms with Crippen LogP contribution in [-0.2, 0) is 15.0 Å². The SMILES string of the molecule is CCC1=Cc2c(C(C)C)cccc2[CH]1[Zr]([Cl])([Cl])([CH]1C(CC)=Cc2c(C(C)C)cccc21)=[Si](C)C. The van der Waals surface area contributed by atoms with Gasteiger partial charge in [-0.3, -0.25) is 0 Å². The molecule has 182 valence electrons. The zero-order chi connectivity index (χ0) is 25.0. The summed E-state index contributed by atoms with van der Waals surface area (Å²) in [6.45, 7) is 18.6. The summed E-state index contributed by atoms with van der Waals surface area (Å²) in [6.07, 6.45) is 6.94. The van der Waals surface area contributed by atoms with E-state index in [9.17, 15) is 0 Å². The van der Waals surface area contributed by atoms with Crippen LogP contribution in [0.15, 0.2) is 47.5 Å². The molecule has 0 aromatic heterocycles. The Balaban J connectivity index is 2.07. The Morgan fingerprint density at radius 1 is 0.735 bits per heavy atom. The van der Waals surface area contributed by atoms with Crippen LogP contribution in [0.3, 0.4) is 0 Å². The number of halogens is 2. The van der Waals surface area contributed by atoms with E-state index in [1.165, 1.54) is 44.5 Å². The average Bonchev–Trinajstić information content (AvgIpc) is 3.37. The molecule has 2 atom stereocenters. The van der Waals surface area contributed by atoms with Crippen LogP contribution in [-0.4, -0.2) is 5.43 Å². The van der Waals surface area contributed by atoms with Crippen molar-refractivity contribution in [3.05, 3.63) is 80.9 Å². The fourth-order valence-corrected chi connectivity index (χ4v) is 36.0. The quantitative estimate of drug-likeness (QED) is 0.294. The van der Waals surface area contributed by atoms with Crippen molar-refractivity contribution < 1.29 is 15.0 Å². The van der Waals surface area contributed by atoms with Crippen molar-refractivity contribution in [1.29, 1.82) is 0 Å². The van der Waals surface area contributed by atoms with E-state index >= 15 is 0 Å². The van der Waals surface area contributed by atoms with Crippen molar-refractivity contribution in [2.24, 2.45) is 0 Å². The molecule has 2 unspecified atom stereocenters. The fraction of sp³-hybridized carbons (Fsp3) is 0.467. The molecule has 0 N–H and O–H groups in total. The Bertz CT molecular complexity index is 1180. The summed E-state index contributed by atoms with van der Waals surface area (Å²) >= 11 is -4.57. The molecular formula is C30H40Cl2SiZr. The molecule has 0 saturated carbocycles. The van der Waals surface area contributed by atoms with E-state index in [0.717, 1.165) is 12.8 Å². The van der Waals surface area contributed by atoms with Gasteiger partial charge in [0, 0.05) is 0 Å². The van der Waals surface area contributed by atoms with Crippen molar-refractivity contribution in [3.63, 3.8) is 0 Å². The molecule has 0 nitrogen and oxygen atoms in total. The van der Waals surface area contributed by atoms with Crippen molar-refractivity contribution in [1.82, 2.24) is 0 Å². The van der Waals surface area contributed by atoms with E-state index in [4.69, 9.17) is 17.0 Å². The standard InChI is InChI=1S/2C14H17.C2H6Si.2ClH.Zr/c2*1-4-11-8-12-6-5-7-13(10(2)3)14(12)9-11;1-3-2;;;/h2*5-10H,4H2,1-3H3;1-2H3;2*1H;/q;;;;;+2/p-2. The molecule has 2 aliphatic rings. The van der Waals surface area contributed by atoms with E-state index in [1.54, 1.807) is 0 Å². The van der Waals surface area contributed by atoms with Crippen LogP contribution in [0.25, 0.3) is 12.2 Å². The van der Waals surface area contributed by atoms with Crippen LogP contribution in [0.1, 0.15) is 107 Å². The monoisotopic (exact) mass is 588 g/mol. The first kappa shape index (κ1) is 26.7. The van der Waals surface area contributed by atoms with E-state index < -0.39 is 20.4 Å². The molecule has 4 rings (SSSR count). The summed E-state index contributed by atoms with van der Waals surface area (Å²) in [6, 6.07) is 13.7. The van der Waals surface area contributed by atoms with Gasteiger partial charge in [0.15, 0.2) is 0 Å². The van der Waals surface area contributed by atoms with Crippen LogP contribution in [0, 0.1) is 0 Å². The summed E-state index contributed by atoms with van der Waals surface area (Å²) in [5.74, 6) is 0.961. The summed E-state index contributed by atoms with van der Waals surface area (Å²) in [5, 5.41) is 0. The van der Waals surface area contributed by atoms with E-state index in [2.05, 4.69) is 103 Å². The molecule has 0 bridgehead atoms. The third kappa shape index (κ3) is 3.86. The van der Waals surface area contributed by atoms with Crippen molar-refractivity contribution in [3.8, 4) is 0 Å². The minimum absolute atomic E-state index is 0.195. The van der Waals surface area contributed by atoms with Gasteiger partial charge < -0.3 is 0 Å². The zero-order valence-electron chi connectivity index (χ0n) is 22.1. The molecule has 2 aromatic carbocycles. The number of rotatable bonds is 6. The molecule has 2 aromatic rings. The number of fused-ring (bicyclic) bond motifs is 2. The van der Waals surface area contributed by atoms with E-state index in [-0.39, 0.29) is 7.25 Å². The number of hydrogen-bond acceptors (Lipinski definition) is 0. The average molecular weight is 591 g/mol. The van der Waals surface area contributed by atoms with Crippen molar-refractivity contribution in [2.45, 2.75) is 86.6 Å². The molecule has 0 saturated heterocycles. The maximum absolute atomic E-state index is 8.35. The normalized spacial score (nSPS) is 19.9. The summed E-state index contributed by atoms with van der Waals surface area (Å²) in [4.78, 5) is 0. The predicted octanol–water partition coefficient (Wildman–Crippen LogP) is 10.6. The van der Waals surface area contributed by atoms with E-state index in [0.29, 0.717) is 11.8 Å². The van der Waals surface area contributed by atoms with Crippen LogP contribution in [0.5, 0.6) is 0 Å². The second-order valence-corrected chi connectivity index (χ2v) is 50.0. The van der Waals surface area contributed by atoms with Crippen LogP contribution >= 0.6 is 17.0 Å². The molecule has 0 aliphatic heterocycles. The first-order valence-corrected chi connectivity index (χ1v) is 28.4. The van der Waals surface area contributed by atoms with Gasteiger partial charge >= 0.3 is 217 Å². The molecular weight excluding hydrogens is 551 g/mol. The molecule has 4 heteroatoms. The van der Waals surface area contributed by atoms with Gasteiger partial charge in [-0.15, -0.1) is 0 Å². The summed E-state index contributed by atoms with van der Waals surface area (Å²) in [5.41, 5.74) is 10.4. The Morgan fingerprint density at radius 2 is 1.12 bits per heavy atom. The summed E-state index contributed by atoms with van der Waals surface area (Å²) in [7, 11) is 16.7. The Hall–Kier alpha value is -0.400. The second-order valence-electron chi connectivity index (χ2n) is 11.2. The van der Waals surface area contributed by atoms with Gasteiger partial charge in [-0.2, -0.15) is 0 Å². The van der Waals surface area contributed by atoms with Crippen LogP contribution in [0.4, 0.5) is 0 Å². The zero-order valence-corrected chi connectivity index (χ0v) is 27.1. The topological polar surface area (TPSA) is 0 Å². The molecule has 0 radical (unpaired) electrons. The second kappa shape index (κ2) is 9.48. The van der Waals surface area contributed by atoms with Gasteiger partial charge in [-0.05, 0) is 0 Å². The third-order valence-corrected chi connectivity index (χ3v) is 55.0. The first-order valence-electron chi connectivity index (χ1n) is 13.0. The maximum atomic E-state index is 8.35. The number of benzene rings is 2.